The van der Waals surface area contributed by atoms with Crippen LogP contribution in [0, 0.1) is 0 Å². The number of benzene rings is 2. The van der Waals surface area contributed by atoms with Crippen LogP contribution in [0.1, 0.15) is 56.9 Å². The quantitative estimate of drug-likeness (QED) is 0.506. The van der Waals surface area contributed by atoms with Crippen molar-refractivity contribution < 1.29 is 14.4 Å². The third-order valence-electron chi connectivity index (χ3n) is 4.94. The lowest BCUT2D eigenvalue weighted by atomic mass is 10.1. The molecule has 7 nitrogen and oxygen atoms in total. The molecule has 1 unspecified atom stereocenters. The zero-order chi connectivity index (χ0) is 22.9. The highest BCUT2D eigenvalue weighted by Crippen LogP contribution is 2.13. The number of hydrogen-bond donors (Lipinski definition) is 3. The molecule has 0 bridgehead atoms. The number of nitrogens with one attached hydrogen (secondary N) is 3. The number of rotatable bonds is 8. The molecule has 1 aromatic heterocycles. The van der Waals surface area contributed by atoms with E-state index in [1.54, 1.807) is 60.8 Å². The molecule has 3 N–H and O–H groups in total. The summed E-state index contributed by atoms with van der Waals surface area (Å²) in [6.07, 6.45) is 3.92. The first-order chi connectivity index (χ1) is 15.5. The Morgan fingerprint density at radius 2 is 1.59 bits per heavy atom. The van der Waals surface area contributed by atoms with Crippen molar-refractivity contribution in [2.45, 2.75) is 32.9 Å². The lowest BCUT2D eigenvalue weighted by Gasteiger charge is -2.12. The van der Waals surface area contributed by atoms with Crippen molar-refractivity contribution in [3.05, 3.63) is 95.3 Å². The van der Waals surface area contributed by atoms with Crippen molar-refractivity contribution in [1.82, 2.24) is 15.6 Å². The van der Waals surface area contributed by atoms with Gasteiger partial charge in [-0.1, -0.05) is 25.1 Å². The second-order valence-electron chi connectivity index (χ2n) is 7.44. The summed E-state index contributed by atoms with van der Waals surface area (Å²) >= 11 is 0. The zero-order valence-electron chi connectivity index (χ0n) is 18.1. The maximum absolute atomic E-state index is 12.6. The van der Waals surface area contributed by atoms with Crippen LogP contribution in [0.15, 0.2) is 73.1 Å². The van der Waals surface area contributed by atoms with E-state index >= 15 is 0 Å². The minimum absolute atomic E-state index is 0.0942. The highest BCUT2D eigenvalue weighted by Gasteiger charge is 2.11. The van der Waals surface area contributed by atoms with Crippen LogP contribution in [0.3, 0.4) is 0 Å². The Morgan fingerprint density at radius 1 is 0.875 bits per heavy atom. The van der Waals surface area contributed by atoms with E-state index in [0.717, 1.165) is 12.0 Å². The number of pyridine rings is 1. The second-order valence-corrected chi connectivity index (χ2v) is 7.44. The van der Waals surface area contributed by atoms with Gasteiger partial charge in [-0.2, -0.15) is 0 Å². The highest BCUT2D eigenvalue weighted by atomic mass is 16.2. The Bertz CT molecular complexity index is 1100. The molecular weight excluding hydrogens is 404 g/mol. The lowest BCUT2D eigenvalue weighted by Crippen LogP contribution is -2.32. The molecule has 7 heteroatoms. The van der Waals surface area contributed by atoms with Crippen molar-refractivity contribution in [1.29, 1.82) is 0 Å². The van der Waals surface area contributed by atoms with Gasteiger partial charge in [-0.25, -0.2) is 0 Å². The van der Waals surface area contributed by atoms with Crippen LogP contribution in [-0.2, 0) is 6.54 Å². The van der Waals surface area contributed by atoms with Crippen LogP contribution in [0.5, 0.6) is 0 Å². The maximum atomic E-state index is 12.6. The lowest BCUT2D eigenvalue weighted by molar-refractivity contribution is 0.0936. The van der Waals surface area contributed by atoms with Crippen molar-refractivity contribution >= 4 is 23.4 Å². The normalized spacial score (nSPS) is 11.3. The van der Waals surface area contributed by atoms with Gasteiger partial charge in [0.05, 0.1) is 5.56 Å². The standard InChI is InChI=1S/C25H26N4O3/c1-3-17(2)28-24(31)19-8-4-7-18(13-19)15-27-23(30)20-9-5-11-22(14-20)29-25(32)21-10-6-12-26-16-21/h4-14,16-17H,3,15H2,1-2H3,(H,27,30)(H,28,31)(H,29,32). The van der Waals surface area contributed by atoms with E-state index in [-0.39, 0.29) is 30.3 Å². The number of aromatic nitrogens is 1. The largest absolute Gasteiger partial charge is 0.350 e. The molecule has 0 aliphatic carbocycles. The minimum Gasteiger partial charge on any atom is -0.350 e. The first kappa shape index (κ1) is 22.7. The molecule has 0 spiro atoms. The van der Waals surface area contributed by atoms with Crippen LogP contribution >= 0.6 is 0 Å². The number of nitrogens with zero attached hydrogens (tertiary/aromatic N) is 1. The van der Waals surface area contributed by atoms with Gasteiger partial charge in [-0.3, -0.25) is 19.4 Å². The van der Waals surface area contributed by atoms with Crippen LogP contribution < -0.4 is 16.0 Å². The molecule has 3 amide bonds. The average molecular weight is 431 g/mol. The number of amides is 3. The molecule has 2 aromatic carbocycles. The van der Waals surface area contributed by atoms with Crippen LogP contribution in [-0.4, -0.2) is 28.7 Å². The maximum Gasteiger partial charge on any atom is 0.257 e. The zero-order valence-corrected chi connectivity index (χ0v) is 18.1. The van der Waals surface area contributed by atoms with Crippen molar-refractivity contribution in [3.63, 3.8) is 0 Å². The SMILES string of the molecule is CCC(C)NC(=O)c1cccc(CNC(=O)c2cccc(NC(=O)c3cccnc3)c2)c1. The number of carbonyl (C=O) groups is 3. The second kappa shape index (κ2) is 10.9. The van der Waals surface area contributed by atoms with Crippen molar-refractivity contribution in [2.24, 2.45) is 0 Å². The molecule has 1 atom stereocenters. The van der Waals surface area contributed by atoms with Gasteiger partial charge in [-0.05, 0) is 61.4 Å². The van der Waals surface area contributed by atoms with E-state index in [2.05, 4.69) is 20.9 Å². The Morgan fingerprint density at radius 3 is 2.31 bits per heavy atom. The molecule has 0 radical (unpaired) electrons. The fourth-order valence-electron chi connectivity index (χ4n) is 2.95. The van der Waals surface area contributed by atoms with Gasteiger partial charge >= 0.3 is 0 Å². The molecule has 3 rings (SSSR count). The Balaban J connectivity index is 1.61. The van der Waals surface area contributed by atoms with Crippen LogP contribution in [0.4, 0.5) is 5.69 Å². The molecule has 0 fully saturated rings. The fourth-order valence-corrected chi connectivity index (χ4v) is 2.95. The fraction of sp³-hybridized carbons (Fsp3) is 0.200. The van der Waals surface area contributed by atoms with E-state index in [0.29, 0.717) is 22.4 Å². The summed E-state index contributed by atoms with van der Waals surface area (Å²) in [4.78, 5) is 41.2. The highest BCUT2D eigenvalue weighted by molar-refractivity contribution is 6.05. The van der Waals surface area contributed by atoms with E-state index in [1.165, 1.54) is 6.20 Å². The number of anilines is 1. The van der Waals surface area contributed by atoms with E-state index < -0.39 is 0 Å². The molecule has 0 aliphatic rings. The van der Waals surface area contributed by atoms with Crippen LogP contribution in [0.2, 0.25) is 0 Å². The van der Waals surface area contributed by atoms with E-state index in [9.17, 15) is 14.4 Å². The first-order valence-electron chi connectivity index (χ1n) is 10.5. The van der Waals surface area contributed by atoms with E-state index in [4.69, 9.17) is 0 Å². The summed E-state index contributed by atoms with van der Waals surface area (Å²) in [7, 11) is 0. The Labute approximate surface area is 187 Å². The molecular formula is C25H26N4O3. The monoisotopic (exact) mass is 430 g/mol. The van der Waals surface area contributed by atoms with Gasteiger partial charge in [-0.15, -0.1) is 0 Å². The van der Waals surface area contributed by atoms with Gasteiger partial charge < -0.3 is 16.0 Å². The predicted molar refractivity (Wildman–Crippen MR) is 123 cm³/mol. The Hall–Kier alpha value is -4.00. The third kappa shape index (κ3) is 6.25. The predicted octanol–water partition coefficient (Wildman–Crippen LogP) is 3.79. The van der Waals surface area contributed by atoms with Gasteiger partial charge in [0.1, 0.15) is 0 Å². The summed E-state index contributed by atoms with van der Waals surface area (Å²) in [5.41, 5.74) is 2.72. The third-order valence-corrected chi connectivity index (χ3v) is 4.94. The molecule has 0 saturated heterocycles. The summed E-state index contributed by atoms with van der Waals surface area (Å²) in [6.45, 7) is 4.24. The summed E-state index contributed by atoms with van der Waals surface area (Å²) < 4.78 is 0. The summed E-state index contributed by atoms with van der Waals surface area (Å²) in [5.74, 6) is -0.718. The smallest absolute Gasteiger partial charge is 0.257 e. The van der Waals surface area contributed by atoms with Crippen LogP contribution in [0.25, 0.3) is 0 Å². The van der Waals surface area contributed by atoms with Crippen molar-refractivity contribution in [2.75, 3.05) is 5.32 Å². The summed E-state index contributed by atoms with van der Waals surface area (Å²) in [6, 6.07) is 17.3. The number of hydrogen-bond acceptors (Lipinski definition) is 4. The van der Waals surface area contributed by atoms with Gasteiger partial charge in [0, 0.05) is 41.8 Å². The Kier molecular flexibility index (Phi) is 7.70. The molecule has 1 heterocycles. The van der Waals surface area contributed by atoms with E-state index in [1.807, 2.05) is 19.9 Å². The molecule has 0 saturated carbocycles. The summed E-state index contributed by atoms with van der Waals surface area (Å²) in [5, 5.41) is 8.55. The molecule has 164 valence electrons. The van der Waals surface area contributed by atoms with Crippen molar-refractivity contribution in [3.8, 4) is 0 Å². The number of carbonyl (C=O) groups excluding carboxylic acids is 3. The van der Waals surface area contributed by atoms with Gasteiger partial charge in [0.15, 0.2) is 0 Å². The average Bonchev–Trinajstić information content (AvgIpc) is 2.83. The first-order valence-corrected chi connectivity index (χ1v) is 10.5. The molecule has 3 aromatic rings. The topological polar surface area (TPSA) is 100 Å². The van der Waals surface area contributed by atoms with Gasteiger partial charge in [0.25, 0.3) is 17.7 Å². The molecule has 0 aliphatic heterocycles. The molecule has 32 heavy (non-hydrogen) atoms. The minimum atomic E-state index is -0.303. The van der Waals surface area contributed by atoms with Gasteiger partial charge in [0.2, 0.25) is 0 Å².